The van der Waals surface area contributed by atoms with E-state index < -0.39 is 0 Å². The number of anilines is 2. The second-order valence-electron chi connectivity index (χ2n) is 7.83. The Labute approximate surface area is 165 Å². The fraction of sp³-hybridized carbons (Fsp3) is 0.650. The number of nitrogens with zero attached hydrogens (tertiary/aromatic N) is 1. The molecule has 3 fully saturated rings. The molecule has 1 spiro atoms. The first-order valence-electron chi connectivity index (χ1n) is 9.97. The molecule has 148 valence electrons. The fourth-order valence-electron chi connectivity index (χ4n) is 4.38. The van der Waals surface area contributed by atoms with Crippen LogP contribution in [0.2, 0.25) is 5.02 Å². The van der Waals surface area contributed by atoms with Gasteiger partial charge in [-0.1, -0.05) is 11.6 Å². The van der Waals surface area contributed by atoms with E-state index in [2.05, 4.69) is 15.5 Å². The molecular formula is C20H28ClN3O3. The van der Waals surface area contributed by atoms with Crippen LogP contribution >= 0.6 is 11.6 Å². The van der Waals surface area contributed by atoms with Crippen LogP contribution in [0.5, 0.6) is 0 Å². The van der Waals surface area contributed by atoms with Gasteiger partial charge >= 0.3 is 6.03 Å². The first kappa shape index (κ1) is 18.8. The van der Waals surface area contributed by atoms with Crippen molar-refractivity contribution < 1.29 is 14.3 Å². The van der Waals surface area contributed by atoms with E-state index in [0.29, 0.717) is 18.2 Å². The van der Waals surface area contributed by atoms with Crippen molar-refractivity contribution in [1.29, 1.82) is 0 Å². The number of urea groups is 1. The SMILES string of the molecule is O=C(Nc1cc(Cl)ccc1N1CCCCC1)N[C@H]1CCO[C@@]2(CCOC2)C1. The first-order chi connectivity index (χ1) is 13.1. The molecule has 3 heterocycles. The zero-order valence-corrected chi connectivity index (χ0v) is 16.4. The molecule has 1 aromatic carbocycles. The lowest BCUT2D eigenvalue weighted by Gasteiger charge is -2.37. The summed E-state index contributed by atoms with van der Waals surface area (Å²) in [6.45, 7) is 4.05. The lowest BCUT2D eigenvalue weighted by molar-refractivity contribution is -0.0877. The number of hydrogen-bond donors (Lipinski definition) is 2. The van der Waals surface area contributed by atoms with Crippen LogP contribution in [0.3, 0.4) is 0 Å². The molecule has 3 saturated heterocycles. The number of carbonyl (C=O) groups is 1. The Morgan fingerprint density at radius 2 is 2.07 bits per heavy atom. The zero-order valence-electron chi connectivity index (χ0n) is 15.6. The third kappa shape index (κ3) is 4.50. The van der Waals surface area contributed by atoms with E-state index in [9.17, 15) is 4.79 Å². The molecule has 3 aliphatic heterocycles. The lowest BCUT2D eigenvalue weighted by Crippen LogP contribution is -2.50. The minimum Gasteiger partial charge on any atom is -0.378 e. The largest absolute Gasteiger partial charge is 0.378 e. The molecule has 7 heteroatoms. The minimum atomic E-state index is -0.217. The van der Waals surface area contributed by atoms with Crippen LogP contribution in [0, 0.1) is 0 Å². The van der Waals surface area contributed by atoms with Gasteiger partial charge in [0.25, 0.3) is 0 Å². The number of hydrogen-bond acceptors (Lipinski definition) is 4. The molecule has 2 atom stereocenters. The van der Waals surface area contributed by atoms with Gasteiger partial charge in [-0.3, -0.25) is 0 Å². The molecule has 0 unspecified atom stereocenters. The standard InChI is InChI=1S/C20H28ClN3O3/c21-15-4-5-18(24-8-2-1-3-9-24)17(12-15)23-19(25)22-16-6-10-27-20(13-16)7-11-26-14-20/h4-5,12,16H,1-3,6-11,13-14H2,(H2,22,23,25)/t16-,20-/m0/s1. The number of halogens is 1. The average Bonchev–Trinajstić information content (AvgIpc) is 3.10. The molecule has 0 saturated carbocycles. The molecule has 4 rings (SSSR count). The highest BCUT2D eigenvalue weighted by atomic mass is 35.5. The molecule has 0 aromatic heterocycles. The van der Waals surface area contributed by atoms with E-state index in [0.717, 1.165) is 50.3 Å². The van der Waals surface area contributed by atoms with E-state index in [1.54, 1.807) is 0 Å². The van der Waals surface area contributed by atoms with Crippen LogP contribution in [-0.2, 0) is 9.47 Å². The maximum atomic E-state index is 12.7. The van der Waals surface area contributed by atoms with Gasteiger partial charge < -0.3 is 25.0 Å². The molecule has 3 aliphatic rings. The van der Waals surface area contributed by atoms with Crippen LogP contribution in [0.15, 0.2) is 18.2 Å². The monoisotopic (exact) mass is 393 g/mol. The van der Waals surface area contributed by atoms with Gasteiger partial charge in [-0.05, 0) is 50.3 Å². The van der Waals surface area contributed by atoms with Crippen molar-refractivity contribution in [3.8, 4) is 0 Å². The van der Waals surface area contributed by atoms with Crippen LogP contribution in [0.1, 0.15) is 38.5 Å². The summed E-state index contributed by atoms with van der Waals surface area (Å²) in [5.74, 6) is 0. The number of benzene rings is 1. The van der Waals surface area contributed by atoms with Gasteiger partial charge in [0.05, 0.1) is 23.6 Å². The second kappa shape index (κ2) is 8.25. The van der Waals surface area contributed by atoms with Crippen molar-refractivity contribution in [3.63, 3.8) is 0 Å². The number of ether oxygens (including phenoxy) is 2. The van der Waals surface area contributed by atoms with Gasteiger partial charge in [0.1, 0.15) is 0 Å². The van der Waals surface area contributed by atoms with Crippen molar-refractivity contribution in [3.05, 3.63) is 23.2 Å². The topological polar surface area (TPSA) is 62.8 Å². The van der Waals surface area contributed by atoms with Crippen LogP contribution in [-0.4, -0.2) is 50.6 Å². The normalized spacial score (nSPS) is 28.3. The summed E-state index contributed by atoms with van der Waals surface area (Å²) in [6, 6.07) is 5.63. The quantitative estimate of drug-likeness (QED) is 0.820. The Balaban J connectivity index is 1.41. The predicted octanol–water partition coefficient (Wildman–Crippen LogP) is 3.79. The van der Waals surface area contributed by atoms with Gasteiger partial charge in [0, 0.05) is 43.8 Å². The fourth-order valence-corrected chi connectivity index (χ4v) is 4.55. The Bertz CT molecular complexity index is 672. The lowest BCUT2D eigenvalue weighted by atomic mass is 9.90. The maximum absolute atomic E-state index is 12.7. The van der Waals surface area contributed by atoms with Crippen LogP contribution in [0.25, 0.3) is 0 Å². The number of piperidine rings is 1. The Hall–Kier alpha value is -1.50. The van der Waals surface area contributed by atoms with Gasteiger partial charge in [0.15, 0.2) is 0 Å². The van der Waals surface area contributed by atoms with Crippen molar-refractivity contribution >= 4 is 29.0 Å². The third-order valence-corrected chi connectivity index (χ3v) is 6.03. The van der Waals surface area contributed by atoms with Crippen molar-refractivity contribution in [2.45, 2.75) is 50.2 Å². The highest BCUT2D eigenvalue weighted by molar-refractivity contribution is 6.31. The van der Waals surface area contributed by atoms with Crippen molar-refractivity contribution in [2.75, 3.05) is 43.1 Å². The zero-order chi connectivity index (χ0) is 18.7. The predicted molar refractivity (Wildman–Crippen MR) is 107 cm³/mol. The molecule has 2 amide bonds. The van der Waals surface area contributed by atoms with E-state index in [1.165, 1.54) is 19.3 Å². The Kier molecular flexibility index (Phi) is 5.76. The molecular weight excluding hydrogens is 366 g/mol. The molecule has 0 aliphatic carbocycles. The minimum absolute atomic E-state index is 0.0954. The second-order valence-corrected chi connectivity index (χ2v) is 8.27. The number of nitrogens with one attached hydrogen (secondary N) is 2. The average molecular weight is 394 g/mol. The van der Waals surface area contributed by atoms with Gasteiger partial charge in [-0.2, -0.15) is 0 Å². The Morgan fingerprint density at radius 3 is 2.85 bits per heavy atom. The molecule has 2 N–H and O–H groups in total. The van der Waals surface area contributed by atoms with Crippen molar-refractivity contribution in [2.24, 2.45) is 0 Å². The summed E-state index contributed by atoms with van der Waals surface area (Å²) in [5, 5.41) is 6.77. The van der Waals surface area contributed by atoms with E-state index >= 15 is 0 Å². The molecule has 6 nitrogen and oxygen atoms in total. The molecule has 0 bridgehead atoms. The summed E-state index contributed by atoms with van der Waals surface area (Å²) in [7, 11) is 0. The highest BCUT2D eigenvalue weighted by Gasteiger charge is 2.41. The highest BCUT2D eigenvalue weighted by Crippen LogP contribution is 2.34. The first-order valence-corrected chi connectivity index (χ1v) is 10.4. The molecule has 27 heavy (non-hydrogen) atoms. The van der Waals surface area contributed by atoms with Crippen molar-refractivity contribution in [1.82, 2.24) is 5.32 Å². The summed E-state index contributed by atoms with van der Waals surface area (Å²) in [5.41, 5.74) is 1.60. The van der Waals surface area contributed by atoms with E-state index in [-0.39, 0.29) is 17.7 Å². The van der Waals surface area contributed by atoms with Crippen LogP contribution in [0.4, 0.5) is 16.2 Å². The maximum Gasteiger partial charge on any atom is 0.319 e. The van der Waals surface area contributed by atoms with Gasteiger partial charge in [-0.15, -0.1) is 0 Å². The number of amides is 2. The number of carbonyl (C=O) groups excluding carboxylic acids is 1. The van der Waals surface area contributed by atoms with E-state index in [4.69, 9.17) is 21.1 Å². The summed E-state index contributed by atoms with van der Waals surface area (Å²) < 4.78 is 11.5. The number of rotatable bonds is 3. The molecule has 0 radical (unpaired) electrons. The Morgan fingerprint density at radius 1 is 1.22 bits per heavy atom. The summed E-state index contributed by atoms with van der Waals surface area (Å²) in [6.07, 6.45) is 6.16. The summed E-state index contributed by atoms with van der Waals surface area (Å²) >= 11 is 6.19. The van der Waals surface area contributed by atoms with Gasteiger partial charge in [-0.25, -0.2) is 4.79 Å². The van der Waals surface area contributed by atoms with Gasteiger partial charge in [0.2, 0.25) is 0 Å². The van der Waals surface area contributed by atoms with Crippen LogP contribution < -0.4 is 15.5 Å². The summed E-state index contributed by atoms with van der Waals surface area (Å²) in [4.78, 5) is 15.0. The van der Waals surface area contributed by atoms with E-state index in [1.807, 2.05) is 18.2 Å². The smallest absolute Gasteiger partial charge is 0.319 e. The molecule has 1 aromatic rings. The third-order valence-electron chi connectivity index (χ3n) is 5.80.